The SMILES string of the molecule is O=S1(=O)CCC(CNC23CCCC2NCC3)CC1. The molecule has 1 aliphatic carbocycles. The van der Waals surface area contributed by atoms with Crippen molar-refractivity contribution >= 4 is 9.84 Å². The van der Waals surface area contributed by atoms with E-state index in [1.54, 1.807) is 0 Å². The third kappa shape index (κ3) is 2.45. The van der Waals surface area contributed by atoms with Gasteiger partial charge in [-0.25, -0.2) is 8.42 Å². The zero-order valence-corrected chi connectivity index (χ0v) is 11.8. The van der Waals surface area contributed by atoms with Gasteiger partial charge in [0.05, 0.1) is 11.5 Å². The van der Waals surface area contributed by atoms with Gasteiger partial charge in [0.1, 0.15) is 9.84 Å². The van der Waals surface area contributed by atoms with Crippen LogP contribution in [0.5, 0.6) is 0 Å². The number of sulfone groups is 1. The van der Waals surface area contributed by atoms with Gasteiger partial charge in [-0.05, 0) is 57.5 Å². The predicted octanol–water partition coefficient (Wildman–Crippen LogP) is 0.685. The van der Waals surface area contributed by atoms with Crippen molar-refractivity contribution in [3.63, 3.8) is 0 Å². The number of hydrogen-bond donors (Lipinski definition) is 2. The van der Waals surface area contributed by atoms with Crippen LogP contribution in [-0.4, -0.2) is 44.6 Å². The molecule has 3 fully saturated rings. The van der Waals surface area contributed by atoms with Gasteiger partial charge in [0.2, 0.25) is 0 Å². The highest BCUT2D eigenvalue weighted by molar-refractivity contribution is 7.91. The first-order valence-corrected chi connectivity index (χ1v) is 9.11. The highest BCUT2D eigenvalue weighted by Gasteiger charge is 2.45. The van der Waals surface area contributed by atoms with Crippen molar-refractivity contribution in [2.24, 2.45) is 5.92 Å². The molecule has 2 heterocycles. The summed E-state index contributed by atoms with van der Waals surface area (Å²) < 4.78 is 22.8. The average Bonchev–Trinajstić information content (AvgIpc) is 2.86. The minimum absolute atomic E-state index is 0.330. The molecule has 0 spiro atoms. The normalized spacial score (nSPS) is 39.9. The third-order valence-electron chi connectivity index (χ3n) is 5.16. The van der Waals surface area contributed by atoms with E-state index in [0.29, 0.717) is 29.0 Å². The van der Waals surface area contributed by atoms with E-state index >= 15 is 0 Å². The van der Waals surface area contributed by atoms with Crippen LogP contribution in [-0.2, 0) is 9.84 Å². The maximum absolute atomic E-state index is 11.4. The number of fused-ring (bicyclic) bond motifs is 1. The minimum Gasteiger partial charge on any atom is -0.312 e. The van der Waals surface area contributed by atoms with Gasteiger partial charge in [0, 0.05) is 11.6 Å². The van der Waals surface area contributed by atoms with Gasteiger partial charge in [-0.2, -0.15) is 0 Å². The fraction of sp³-hybridized carbons (Fsp3) is 1.00. The van der Waals surface area contributed by atoms with E-state index in [0.717, 1.165) is 25.9 Å². The van der Waals surface area contributed by atoms with E-state index in [2.05, 4.69) is 10.6 Å². The average molecular weight is 272 g/mol. The summed E-state index contributed by atoms with van der Waals surface area (Å²) in [6.45, 7) is 2.14. The van der Waals surface area contributed by atoms with Crippen molar-refractivity contribution in [2.75, 3.05) is 24.6 Å². The Morgan fingerprint density at radius 2 is 1.94 bits per heavy atom. The summed E-state index contributed by atoms with van der Waals surface area (Å²) in [6, 6.07) is 0.657. The summed E-state index contributed by atoms with van der Waals surface area (Å²) in [6.07, 6.45) is 6.85. The van der Waals surface area contributed by atoms with E-state index in [9.17, 15) is 8.42 Å². The van der Waals surface area contributed by atoms with Crippen molar-refractivity contribution in [3.8, 4) is 0 Å². The van der Waals surface area contributed by atoms with Crippen molar-refractivity contribution in [1.82, 2.24) is 10.6 Å². The summed E-state index contributed by atoms with van der Waals surface area (Å²) in [5.74, 6) is 1.35. The maximum atomic E-state index is 11.4. The Kier molecular flexibility index (Phi) is 3.41. The van der Waals surface area contributed by atoms with Crippen LogP contribution < -0.4 is 10.6 Å². The third-order valence-corrected chi connectivity index (χ3v) is 6.88. The molecule has 0 radical (unpaired) electrons. The quantitative estimate of drug-likeness (QED) is 0.793. The number of nitrogens with one attached hydrogen (secondary N) is 2. The molecular formula is C13H24N2O2S. The Balaban J connectivity index is 1.53. The zero-order valence-electron chi connectivity index (χ0n) is 11.0. The van der Waals surface area contributed by atoms with Gasteiger partial charge in [0.15, 0.2) is 0 Å². The van der Waals surface area contributed by atoms with Gasteiger partial charge < -0.3 is 10.6 Å². The molecule has 2 saturated heterocycles. The summed E-state index contributed by atoms with van der Waals surface area (Å²) in [4.78, 5) is 0. The molecule has 0 aromatic carbocycles. The monoisotopic (exact) mass is 272 g/mol. The maximum Gasteiger partial charge on any atom is 0.150 e. The van der Waals surface area contributed by atoms with Crippen LogP contribution in [0.1, 0.15) is 38.5 Å². The lowest BCUT2D eigenvalue weighted by Crippen LogP contribution is -2.52. The van der Waals surface area contributed by atoms with E-state index in [-0.39, 0.29) is 0 Å². The first-order chi connectivity index (χ1) is 8.60. The van der Waals surface area contributed by atoms with Gasteiger partial charge in [0.25, 0.3) is 0 Å². The second kappa shape index (κ2) is 4.76. The summed E-state index contributed by atoms with van der Waals surface area (Å²) in [5, 5.41) is 7.40. The highest BCUT2D eigenvalue weighted by Crippen LogP contribution is 2.36. The summed E-state index contributed by atoms with van der Waals surface area (Å²) in [5.41, 5.74) is 0.330. The van der Waals surface area contributed by atoms with Crippen molar-refractivity contribution in [1.29, 1.82) is 0 Å². The van der Waals surface area contributed by atoms with Gasteiger partial charge in [-0.15, -0.1) is 0 Å². The molecule has 3 rings (SSSR count). The Bertz CT molecular complexity index is 383. The lowest BCUT2D eigenvalue weighted by Gasteiger charge is -2.33. The Morgan fingerprint density at radius 1 is 1.17 bits per heavy atom. The van der Waals surface area contributed by atoms with Crippen LogP contribution in [0.25, 0.3) is 0 Å². The van der Waals surface area contributed by atoms with E-state index in [1.807, 2.05) is 0 Å². The largest absolute Gasteiger partial charge is 0.312 e. The smallest absolute Gasteiger partial charge is 0.150 e. The molecule has 18 heavy (non-hydrogen) atoms. The Hall–Kier alpha value is -0.130. The Morgan fingerprint density at radius 3 is 2.72 bits per heavy atom. The second-order valence-electron chi connectivity index (χ2n) is 6.28. The van der Waals surface area contributed by atoms with Crippen molar-refractivity contribution in [2.45, 2.75) is 50.1 Å². The van der Waals surface area contributed by atoms with Crippen LogP contribution >= 0.6 is 0 Å². The molecule has 0 aromatic heterocycles. The molecule has 4 nitrogen and oxygen atoms in total. The first kappa shape index (κ1) is 12.9. The molecule has 0 bridgehead atoms. The van der Waals surface area contributed by atoms with Crippen molar-refractivity contribution in [3.05, 3.63) is 0 Å². The molecule has 2 unspecified atom stereocenters. The van der Waals surface area contributed by atoms with Crippen LogP contribution in [0.3, 0.4) is 0 Å². The summed E-state index contributed by atoms with van der Waals surface area (Å²) >= 11 is 0. The van der Waals surface area contributed by atoms with Crippen LogP contribution in [0.15, 0.2) is 0 Å². The molecule has 2 atom stereocenters. The Labute approximate surface area is 110 Å². The summed E-state index contributed by atoms with van der Waals surface area (Å²) in [7, 11) is -2.71. The highest BCUT2D eigenvalue weighted by atomic mass is 32.2. The molecule has 104 valence electrons. The molecule has 1 saturated carbocycles. The lowest BCUT2D eigenvalue weighted by atomic mass is 9.91. The van der Waals surface area contributed by atoms with E-state index in [4.69, 9.17) is 0 Å². The molecule has 0 aromatic rings. The minimum atomic E-state index is -2.71. The van der Waals surface area contributed by atoms with Crippen molar-refractivity contribution < 1.29 is 8.42 Å². The molecule has 3 aliphatic rings. The fourth-order valence-corrected chi connectivity index (χ4v) is 5.52. The van der Waals surface area contributed by atoms with Crippen LogP contribution in [0.2, 0.25) is 0 Å². The number of rotatable bonds is 3. The topological polar surface area (TPSA) is 58.2 Å². The molecule has 2 N–H and O–H groups in total. The van der Waals surface area contributed by atoms with Crippen LogP contribution in [0, 0.1) is 5.92 Å². The molecular weight excluding hydrogens is 248 g/mol. The van der Waals surface area contributed by atoms with Gasteiger partial charge in [-0.3, -0.25) is 0 Å². The number of hydrogen-bond acceptors (Lipinski definition) is 4. The predicted molar refractivity (Wildman–Crippen MR) is 72.4 cm³/mol. The van der Waals surface area contributed by atoms with E-state index in [1.165, 1.54) is 25.7 Å². The zero-order chi connectivity index (χ0) is 12.6. The lowest BCUT2D eigenvalue weighted by molar-refractivity contribution is 0.288. The molecule has 2 aliphatic heterocycles. The first-order valence-electron chi connectivity index (χ1n) is 7.29. The van der Waals surface area contributed by atoms with Gasteiger partial charge >= 0.3 is 0 Å². The van der Waals surface area contributed by atoms with Gasteiger partial charge in [-0.1, -0.05) is 0 Å². The molecule has 0 amide bonds. The second-order valence-corrected chi connectivity index (χ2v) is 8.58. The molecule has 5 heteroatoms. The van der Waals surface area contributed by atoms with E-state index < -0.39 is 9.84 Å². The van der Waals surface area contributed by atoms with Crippen LogP contribution in [0.4, 0.5) is 0 Å². The standard InChI is InChI=1S/C13H24N2O2S/c16-18(17)8-3-11(4-9-18)10-15-13-5-1-2-12(13)14-7-6-13/h11-12,14-15H,1-10H2. The fourth-order valence-electron chi connectivity index (χ4n) is 3.93.